The lowest BCUT2D eigenvalue weighted by Crippen LogP contribution is -2.25. The second kappa shape index (κ2) is 5.78. The summed E-state index contributed by atoms with van der Waals surface area (Å²) in [4.78, 5) is 9.11. The Kier molecular flexibility index (Phi) is 4.50. The predicted octanol–water partition coefficient (Wildman–Crippen LogP) is 5.01. The van der Waals surface area contributed by atoms with Gasteiger partial charge in [-0.1, -0.05) is 39.3 Å². The zero-order chi connectivity index (χ0) is 14.0. The molecule has 2 nitrogen and oxygen atoms in total. The molecule has 1 aliphatic carbocycles. The van der Waals surface area contributed by atoms with Gasteiger partial charge in [0, 0.05) is 11.6 Å². The minimum Gasteiger partial charge on any atom is -0.238 e. The van der Waals surface area contributed by atoms with Crippen molar-refractivity contribution in [2.24, 2.45) is 11.3 Å². The Labute approximate surface area is 122 Å². The van der Waals surface area contributed by atoms with Crippen LogP contribution in [0.5, 0.6) is 0 Å². The zero-order valence-corrected chi connectivity index (χ0v) is 13.3. The molecule has 1 aromatic rings. The highest BCUT2D eigenvalue weighted by Gasteiger charge is 2.31. The molecule has 1 saturated carbocycles. The molecule has 1 aromatic heterocycles. The first-order valence-corrected chi connectivity index (χ1v) is 7.81. The van der Waals surface area contributed by atoms with Crippen LogP contribution in [0.25, 0.3) is 0 Å². The van der Waals surface area contributed by atoms with E-state index in [1.807, 2.05) is 6.07 Å². The van der Waals surface area contributed by atoms with Gasteiger partial charge in [0.1, 0.15) is 11.0 Å². The van der Waals surface area contributed by atoms with Crippen molar-refractivity contribution in [2.45, 2.75) is 65.7 Å². The van der Waals surface area contributed by atoms with Gasteiger partial charge in [-0.05, 0) is 49.5 Å². The van der Waals surface area contributed by atoms with E-state index < -0.39 is 0 Å². The molecule has 3 heteroatoms. The van der Waals surface area contributed by atoms with E-state index in [-0.39, 0.29) is 0 Å². The maximum absolute atomic E-state index is 6.10. The highest BCUT2D eigenvalue weighted by Crippen LogP contribution is 2.42. The lowest BCUT2D eigenvalue weighted by Gasteiger charge is -2.36. The number of aryl methyl sites for hydroxylation is 1. The first-order chi connectivity index (χ1) is 8.90. The lowest BCUT2D eigenvalue weighted by atomic mass is 9.69. The van der Waals surface area contributed by atoms with Crippen LogP contribution in [0.4, 0.5) is 0 Å². The van der Waals surface area contributed by atoms with Gasteiger partial charge in [0.25, 0.3) is 0 Å². The third kappa shape index (κ3) is 3.68. The molecule has 0 saturated heterocycles. The summed E-state index contributed by atoms with van der Waals surface area (Å²) in [5.74, 6) is 2.30. The molecule has 0 bridgehead atoms. The van der Waals surface area contributed by atoms with Gasteiger partial charge in [0.15, 0.2) is 0 Å². The van der Waals surface area contributed by atoms with Crippen LogP contribution in [0.3, 0.4) is 0 Å². The number of hydrogen-bond acceptors (Lipinski definition) is 2. The first-order valence-electron chi connectivity index (χ1n) is 7.43. The van der Waals surface area contributed by atoms with Crippen molar-refractivity contribution in [2.75, 3.05) is 0 Å². The van der Waals surface area contributed by atoms with E-state index in [0.717, 1.165) is 23.9 Å². The van der Waals surface area contributed by atoms with Gasteiger partial charge in [-0.3, -0.25) is 0 Å². The van der Waals surface area contributed by atoms with Crippen molar-refractivity contribution in [3.63, 3.8) is 0 Å². The summed E-state index contributed by atoms with van der Waals surface area (Å²) in [6.07, 6.45) is 5.89. The number of rotatable bonds is 2. The third-order valence-electron chi connectivity index (χ3n) is 4.44. The molecule has 0 radical (unpaired) electrons. The van der Waals surface area contributed by atoms with E-state index >= 15 is 0 Å². The molecule has 0 aliphatic heterocycles. The minimum absolute atomic E-state index is 0.425. The SMILES string of the molecule is CCc1cc(Cl)nc(C2CCC(C(C)(C)C)CC2)n1. The van der Waals surface area contributed by atoms with Crippen molar-refractivity contribution >= 4 is 11.6 Å². The molecule has 19 heavy (non-hydrogen) atoms. The molecule has 1 heterocycles. The van der Waals surface area contributed by atoms with Crippen LogP contribution in [0.1, 0.15) is 70.8 Å². The Hall–Kier alpha value is -0.630. The molecule has 1 aliphatic rings. The largest absolute Gasteiger partial charge is 0.238 e. The molecule has 0 spiro atoms. The summed E-state index contributed by atoms with van der Waals surface area (Å²) in [6, 6.07) is 1.88. The number of nitrogens with zero attached hydrogens (tertiary/aromatic N) is 2. The molecule has 0 N–H and O–H groups in total. The van der Waals surface area contributed by atoms with E-state index in [0.29, 0.717) is 16.5 Å². The fraction of sp³-hybridized carbons (Fsp3) is 0.750. The van der Waals surface area contributed by atoms with Gasteiger partial charge in [0.2, 0.25) is 0 Å². The smallest absolute Gasteiger partial charge is 0.133 e. The van der Waals surface area contributed by atoms with E-state index in [2.05, 4.69) is 37.7 Å². The van der Waals surface area contributed by atoms with Crippen LogP contribution in [0.2, 0.25) is 5.15 Å². The Morgan fingerprint density at radius 2 is 1.79 bits per heavy atom. The number of aromatic nitrogens is 2. The highest BCUT2D eigenvalue weighted by molar-refractivity contribution is 6.29. The summed E-state index contributed by atoms with van der Waals surface area (Å²) in [5, 5.41) is 0.597. The van der Waals surface area contributed by atoms with Crippen LogP contribution in [0, 0.1) is 11.3 Å². The average molecular weight is 281 g/mol. The van der Waals surface area contributed by atoms with Gasteiger partial charge < -0.3 is 0 Å². The monoisotopic (exact) mass is 280 g/mol. The Bertz CT molecular complexity index is 429. The molecule has 0 unspecified atom stereocenters. The summed E-state index contributed by atoms with van der Waals surface area (Å²) in [7, 11) is 0. The standard InChI is InChI=1S/C16H25ClN2/c1-5-13-10-14(17)19-15(18-13)11-6-8-12(9-7-11)16(2,3)4/h10-12H,5-9H2,1-4H3. The molecule has 0 atom stereocenters. The summed E-state index contributed by atoms with van der Waals surface area (Å²) in [6.45, 7) is 9.16. The minimum atomic E-state index is 0.425. The fourth-order valence-corrected chi connectivity index (χ4v) is 3.28. The summed E-state index contributed by atoms with van der Waals surface area (Å²) in [5.41, 5.74) is 1.49. The van der Waals surface area contributed by atoms with E-state index in [1.165, 1.54) is 25.7 Å². The quantitative estimate of drug-likeness (QED) is 0.712. The van der Waals surface area contributed by atoms with Crippen molar-refractivity contribution < 1.29 is 0 Å². The molecular weight excluding hydrogens is 256 g/mol. The Morgan fingerprint density at radius 1 is 1.16 bits per heavy atom. The predicted molar refractivity (Wildman–Crippen MR) is 80.6 cm³/mol. The second-order valence-electron chi connectivity index (χ2n) is 6.81. The molecule has 1 fully saturated rings. The topological polar surface area (TPSA) is 25.8 Å². The Balaban J connectivity index is 2.07. The van der Waals surface area contributed by atoms with Crippen molar-refractivity contribution in [1.82, 2.24) is 9.97 Å². The van der Waals surface area contributed by atoms with Crippen LogP contribution in [-0.4, -0.2) is 9.97 Å². The van der Waals surface area contributed by atoms with E-state index in [4.69, 9.17) is 11.6 Å². The number of halogens is 1. The van der Waals surface area contributed by atoms with Crippen LogP contribution >= 0.6 is 11.6 Å². The zero-order valence-electron chi connectivity index (χ0n) is 12.5. The highest BCUT2D eigenvalue weighted by atomic mass is 35.5. The van der Waals surface area contributed by atoms with Gasteiger partial charge in [0.05, 0.1) is 0 Å². The Morgan fingerprint density at radius 3 is 2.32 bits per heavy atom. The van der Waals surface area contributed by atoms with Crippen molar-refractivity contribution in [3.05, 3.63) is 22.7 Å². The van der Waals surface area contributed by atoms with Gasteiger partial charge in [-0.2, -0.15) is 0 Å². The normalized spacial score (nSPS) is 24.5. The fourth-order valence-electron chi connectivity index (χ4n) is 3.06. The third-order valence-corrected chi connectivity index (χ3v) is 4.64. The van der Waals surface area contributed by atoms with Gasteiger partial charge in [-0.25, -0.2) is 9.97 Å². The molecule has 0 aromatic carbocycles. The first kappa shape index (κ1) is 14.8. The summed E-state index contributed by atoms with van der Waals surface area (Å²) >= 11 is 6.10. The maximum atomic E-state index is 6.10. The van der Waals surface area contributed by atoms with Crippen molar-refractivity contribution in [1.29, 1.82) is 0 Å². The molecule has 106 valence electrons. The summed E-state index contributed by atoms with van der Waals surface area (Å²) < 4.78 is 0. The number of hydrogen-bond donors (Lipinski definition) is 0. The van der Waals surface area contributed by atoms with E-state index in [9.17, 15) is 0 Å². The van der Waals surface area contributed by atoms with Crippen LogP contribution < -0.4 is 0 Å². The van der Waals surface area contributed by atoms with Gasteiger partial charge >= 0.3 is 0 Å². The van der Waals surface area contributed by atoms with E-state index in [1.54, 1.807) is 0 Å². The van der Waals surface area contributed by atoms with Crippen molar-refractivity contribution in [3.8, 4) is 0 Å². The van der Waals surface area contributed by atoms with Crippen LogP contribution in [0.15, 0.2) is 6.07 Å². The van der Waals surface area contributed by atoms with Gasteiger partial charge in [-0.15, -0.1) is 0 Å². The molecule has 2 rings (SSSR count). The molecular formula is C16H25ClN2. The molecule has 0 amide bonds. The average Bonchev–Trinajstić information content (AvgIpc) is 2.37. The second-order valence-corrected chi connectivity index (χ2v) is 7.20. The van der Waals surface area contributed by atoms with Crippen LogP contribution in [-0.2, 0) is 6.42 Å². The lowest BCUT2D eigenvalue weighted by molar-refractivity contribution is 0.167. The maximum Gasteiger partial charge on any atom is 0.133 e.